The van der Waals surface area contributed by atoms with Gasteiger partial charge in [0, 0.05) is 31.9 Å². The highest BCUT2D eigenvalue weighted by atomic mass is 19.4. The van der Waals surface area contributed by atoms with Crippen LogP contribution in [0.1, 0.15) is 13.3 Å². The predicted molar refractivity (Wildman–Crippen MR) is 60.4 cm³/mol. The van der Waals surface area contributed by atoms with Crippen LogP contribution in [0, 0.1) is 5.92 Å². The number of hydrogen-bond donors (Lipinski definition) is 1. The minimum Gasteiger partial charge on any atom is -0.372 e. The summed E-state index contributed by atoms with van der Waals surface area (Å²) in [6, 6.07) is 0. The lowest BCUT2D eigenvalue weighted by Gasteiger charge is -2.36. The van der Waals surface area contributed by atoms with Crippen molar-refractivity contribution < 1.29 is 13.2 Å². The summed E-state index contributed by atoms with van der Waals surface area (Å²) in [5.41, 5.74) is 0.338. The summed E-state index contributed by atoms with van der Waals surface area (Å²) in [7, 11) is 0. The van der Waals surface area contributed by atoms with Crippen LogP contribution in [0.25, 0.3) is 0 Å². The molecule has 0 bridgehead atoms. The Kier molecular flexibility index (Phi) is 3.47. The molecule has 2 aliphatic rings. The Balaban J connectivity index is 2.18. The molecule has 1 aliphatic carbocycles. The van der Waals surface area contributed by atoms with E-state index in [1.54, 1.807) is 0 Å². The minimum absolute atomic E-state index is 0.180. The third-order valence-electron chi connectivity index (χ3n) is 3.31. The van der Waals surface area contributed by atoms with E-state index in [4.69, 9.17) is 0 Å². The van der Waals surface area contributed by atoms with Gasteiger partial charge in [-0.1, -0.05) is 13.0 Å². The molecule has 0 saturated carbocycles. The fourth-order valence-electron chi connectivity index (χ4n) is 2.31. The van der Waals surface area contributed by atoms with E-state index in [0.717, 1.165) is 31.9 Å². The third-order valence-corrected chi connectivity index (χ3v) is 3.31. The smallest absolute Gasteiger partial charge is 0.372 e. The first kappa shape index (κ1) is 12.5. The summed E-state index contributed by atoms with van der Waals surface area (Å²) in [5, 5.41) is 3.20. The van der Waals surface area contributed by atoms with E-state index in [1.807, 2.05) is 6.92 Å². The SMILES string of the molecule is CC1CC=C(C(F)(F)F)C=C1N1CCNCC1. The number of halogens is 3. The molecule has 1 atom stereocenters. The molecule has 0 aromatic heterocycles. The van der Waals surface area contributed by atoms with Crippen LogP contribution < -0.4 is 5.32 Å². The first-order valence-corrected chi connectivity index (χ1v) is 5.93. The Bertz CT molecular complexity index is 338. The average Bonchev–Trinajstić information content (AvgIpc) is 2.29. The molecule has 0 aromatic rings. The van der Waals surface area contributed by atoms with Crippen LogP contribution in [0.2, 0.25) is 0 Å². The van der Waals surface area contributed by atoms with E-state index < -0.39 is 11.7 Å². The molecule has 1 aliphatic heterocycles. The van der Waals surface area contributed by atoms with Crippen LogP contribution in [-0.4, -0.2) is 37.3 Å². The Hall–Kier alpha value is -0.970. The topological polar surface area (TPSA) is 15.3 Å². The standard InChI is InChI=1S/C12H17F3N2/c1-9-2-3-10(12(13,14)15)8-11(9)17-6-4-16-5-7-17/h3,8-9,16H,2,4-7H2,1H3. The summed E-state index contributed by atoms with van der Waals surface area (Å²) in [4.78, 5) is 2.07. The Morgan fingerprint density at radius 3 is 2.53 bits per heavy atom. The molecule has 2 nitrogen and oxygen atoms in total. The number of nitrogens with one attached hydrogen (secondary N) is 1. The molecule has 0 spiro atoms. The number of alkyl halides is 3. The van der Waals surface area contributed by atoms with Crippen molar-refractivity contribution in [3.05, 3.63) is 23.4 Å². The second kappa shape index (κ2) is 4.72. The predicted octanol–water partition coefficient (Wildman–Crippen LogP) is 2.30. The van der Waals surface area contributed by atoms with Gasteiger partial charge in [0.25, 0.3) is 0 Å². The monoisotopic (exact) mass is 246 g/mol. The molecular weight excluding hydrogens is 229 g/mol. The second-order valence-electron chi connectivity index (χ2n) is 4.60. The average molecular weight is 246 g/mol. The first-order valence-electron chi connectivity index (χ1n) is 5.93. The van der Waals surface area contributed by atoms with Gasteiger partial charge in [0.05, 0.1) is 5.57 Å². The van der Waals surface area contributed by atoms with Gasteiger partial charge in [-0.2, -0.15) is 13.2 Å². The lowest BCUT2D eigenvalue weighted by Crippen LogP contribution is -2.44. The maximum Gasteiger partial charge on any atom is 0.416 e. The second-order valence-corrected chi connectivity index (χ2v) is 4.60. The van der Waals surface area contributed by atoms with Crippen LogP contribution in [0.5, 0.6) is 0 Å². The lowest BCUT2D eigenvalue weighted by molar-refractivity contribution is -0.0890. The van der Waals surface area contributed by atoms with Gasteiger partial charge in [-0.3, -0.25) is 0 Å². The van der Waals surface area contributed by atoms with E-state index in [2.05, 4.69) is 10.2 Å². The highest BCUT2D eigenvalue weighted by Crippen LogP contribution is 2.35. The Morgan fingerprint density at radius 2 is 1.94 bits per heavy atom. The molecule has 1 unspecified atom stereocenters. The number of allylic oxidation sites excluding steroid dienone is 4. The quantitative estimate of drug-likeness (QED) is 0.763. The van der Waals surface area contributed by atoms with Crippen molar-refractivity contribution in [3.8, 4) is 0 Å². The molecule has 1 N–H and O–H groups in total. The van der Waals surface area contributed by atoms with Gasteiger partial charge in [0.2, 0.25) is 0 Å². The molecular formula is C12H17F3N2. The van der Waals surface area contributed by atoms with Crippen molar-refractivity contribution in [2.24, 2.45) is 5.92 Å². The van der Waals surface area contributed by atoms with Crippen LogP contribution >= 0.6 is 0 Å². The molecule has 1 saturated heterocycles. The molecule has 17 heavy (non-hydrogen) atoms. The Labute approximate surface area is 99.2 Å². The van der Waals surface area contributed by atoms with Crippen molar-refractivity contribution in [2.45, 2.75) is 19.5 Å². The summed E-state index contributed by atoms with van der Waals surface area (Å²) >= 11 is 0. The zero-order valence-electron chi connectivity index (χ0n) is 9.85. The molecule has 2 rings (SSSR count). The number of rotatable bonds is 1. The van der Waals surface area contributed by atoms with Gasteiger partial charge in [0.15, 0.2) is 0 Å². The van der Waals surface area contributed by atoms with Gasteiger partial charge in [0.1, 0.15) is 0 Å². The summed E-state index contributed by atoms with van der Waals surface area (Å²) in [6.07, 6.45) is -1.13. The third kappa shape index (κ3) is 2.83. The number of nitrogens with zero attached hydrogens (tertiary/aromatic N) is 1. The van der Waals surface area contributed by atoms with Crippen molar-refractivity contribution in [1.29, 1.82) is 0 Å². The van der Waals surface area contributed by atoms with Crippen molar-refractivity contribution in [2.75, 3.05) is 26.2 Å². The van der Waals surface area contributed by atoms with E-state index >= 15 is 0 Å². The van der Waals surface area contributed by atoms with Crippen LogP contribution in [0.15, 0.2) is 23.4 Å². The van der Waals surface area contributed by atoms with E-state index in [1.165, 1.54) is 12.2 Å². The fraction of sp³-hybridized carbons (Fsp3) is 0.667. The molecule has 5 heteroatoms. The van der Waals surface area contributed by atoms with Gasteiger partial charge in [-0.25, -0.2) is 0 Å². The van der Waals surface area contributed by atoms with E-state index in [0.29, 0.717) is 6.42 Å². The summed E-state index contributed by atoms with van der Waals surface area (Å²) in [6.45, 7) is 5.25. The molecule has 0 aromatic carbocycles. The van der Waals surface area contributed by atoms with Crippen molar-refractivity contribution in [3.63, 3.8) is 0 Å². The van der Waals surface area contributed by atoms with Crippen LogP contribution in [-0.2, 0) is 0 Å². The van der Waals surface area contributed by atoms with Gasteiger partial charge < -0.3 is 10.2 Å². The van der Waals surface area contributed by atoms with Gasteiger partial charge in [-0.05, 0) is 18.4 Å². The molecule has 0 radical (unpaired) electrons. The van der Waals surface area contributed by atoms with E-state index in [-0.39, 0.29) is 5.92 Å². The highest BCUT2D eigenvalue weighted by Gasteiger charge is 2.35. The number of piperazine rings is 1. The molecule has 96 valence electrons. The zero-order valence-corrected chi connectivity index (χ0v) is 9.85. The normalized spacial score (nSPS) is 26.6. The molecule has 1 fully saturated rings. The summed E-state index contributed by atoms with van der Waals surface area (Å²) < 4.78 is 38.0. The van der Waals surface area contributed by atoms with Crippen LogP contribution in [0.3, 0.4) is 0 Å². The first-order chi connectivity index (χ1) is 7.98. The Morgan fingerprint density at radius 1 is 1.29 bits per heavy atom. The minimum atomic E-state index is -4.22. The van der Waals surface area contributed by atoms with Crippen molar-refractivity contribution in [1.82, 2.24) is 10.2 Å². The lowest BCUT2D eigenvalue weighted by atomic mass is 9.93. The number of hydrogen-bond acceptors (Lipinski definition) is 2. The van der Waals surface area contributed by atoms with Crippen molar-refractivity contribution >= 4 is 0 Å². The molecule has 1 heterocycles. The zero-order chi connectivity index (χ0) is 12.5. The van der Waals surface area contributed by atoms with Crippen LogP contribution in [0.4, 0.5) is 13.2 Å². The summed E-state index contributed by atoms with van der Waals surface area (Å²) in [5.74, 6) is 0.180. The maximum atomic E-state index is 12.7. The van der Waals surface area contributed by atoms with Gasteiger partial charge >= 0.3 is 6.18 Å². The highest BCUT2D eigenvalue weighted by molar-refractivity contribution is 5.32. The molecule has 0 amide bonds. The fourth-order valence-corrected chi connectivity index (χ4v) is 2.31. The van der Waals surface area contributed by atoms with Gasteiger partial charge in [-0.15, -0.1) is 0 Å². The maximum absolute atomic E-state index is 12.7. The van der Waals surface area contributed by atoms with E-state index in [9.17, 15) is 13.2 Å². The largest absolute Gasteiger partial charge is 0.416 e.